The SMILES string of the molecule is CC(C)(C)OC(=O)C1N2C(=O)C(NC(=O)Cc3ccccc3)[C@H]2SC1(C)CI. The smallest absolute Gasteiger partial charge is 0.330 e. The standard InChI is InChI=1S/C20H25IN2O4S/c1-19(2,3)27-18(26)15-20(4,11-21)28-17-14(16(25)23(15)17)22-13(24)10-12-8-6-5-7-9-12/h5-9,14-15,17H,10-11H2,1-4H3,(H,22,24)/t14?,15?,17-,20?/m1/s1. The molecular formula is C20H25IN2O4S. The Morgan fingerprint density at radius 1 is 1.29 bits per heavy atom. The molecule has 4 atom stereocenters. The molecule has 2 saturated heterocycles. The minimum absolute atomic E-state index is 0.193. The number of β-lactam (4-membered cyclic amide) rings is 1. The van der Waals surface area contributed by atoms with Crippen LogP contribution in [-0.4, -0.2) is 54.9 Å². The summed E-state index contributed by atoms with van der Waals surface area (Å²) in [4.78, 5) is 39.6. The van der Waals surface area contributed by atoms with Crippen LogP contribution >= 0.6 is 34.4 Å². The van der Waals surface area contributed by atoms with Crippen molar-refractivity contribution in [1.29, 1.82) is 0 Å². The van der Waals surface area contributed by atoms with Gasteiger partial charge in [0.2, 0.25) is 11.8 Å². The van der Waals surface area contributed by atoms with Gasteiger partial charge >= 0.3 is 5.97 Å². The fourth-order valence-electron chi connectivity index (χ4n) is 3.48. The second-order valence-corrected chi connectivity index (χ2v) is 10.8. The molecule has 6 nitrogen and oxygen atoms in total. The number of rotatable bonds is 5. The average Bonchev–Trinajstić information content (AvgIpc) is 2.90. The quantitative estimate of drug-likeness (QED) is 0.282. The second-order valence-electron chi connectivity index (χ2n) is 8.34. The first-order valence-corrected chi connectivity index (χ1v) is 11.6. The normalized spacial score (nSPS) is 29.1. The maximum Gasteiger partial charge on any atom is 0.330 e. The molecule has 2 fully saturated rings. The number of carbonyl (C=O) groups is 3. The Hall–Kier alpha value is -1.29. The third-order valence-electron chi connectivity index (χ3n) is 4.75. The number of thioether (sulfide) groups is 1. The van der Waals surface area contributed by atoms with Gasteiger partial charge in [-0.3, -0.25) is 9.59 Å². The minimum Gasteiger partial charge on any atom is -0.458 e. The predicted octanol–water partition coefficient (Wildman–Crippen LogP) is 2.53. The Balaban J connectivity index is 1.71. The minimum atomic E-state index is -0.645. The lowest BCUT2D eigenvalue weighted by molar-refractivity contribution is -0.171. The fourth-order valence-corrected chi connectivity index (χ4v) is 6.05. The summed E-state index contributed by atoms with van der Waals surface area (Å²) in [6, 6.07) is 8.16. The van der Waals surface area contributed by atoms with Gasteiger partial charge in [-0.25, -0.2) is 4.79 Å². The van der Waals surface area contributed by atoms with Crippen molar-refractivity contribution in [3.63, 3.8) is 0 Å². The molecule has 0 aromatic heterocycles. The van der Waals surface area contributed by atoms with Crippen LogP contribution in [-0.2, 0) is 25.5 Å². The van der Waals surface area contributed by atoms with Crippen molar-refractivity contribution in [2.75, 3.05) is 4.43 Å². The first kappa shape index (κ1) is 21.4. The van der Waals surface area contributed by atoms with Gasteiger partial charge in [-0.2, -0.15) is 0 Å². The number of benzene rings is 1. The van der Waals surface area contributed by atoms with Crippen LogP contribution in [0.4, 0.5) is 0 Å². The summed E-state index contributed by atoms with van der Waals surface area (Å²) in [7, 11) is 0. The molecule has 8 heteroatoms. The van der Waals surface area contributed by atoms with E-state index in [1.807, 2.05) is 58.0 Å². The summed E-state index contributed by atoms with van der Waals surface area (Å²) in [6.07, 6.45) is 0.223. The first-order valence-electron chi connectivity index (χ1n) is 9.18. The lowest BCUT2D eigenvalue weighted by Gasteiger charge is -2.44. The number of carbonyl (C=O) groups excluding carboxylic acids is 3. The molecule has 28 heavy (non-hydrogen) atoms. The molecule has 152 valence electrons. The molecule has 0 spiro atoms. The van der Waals surface area contributed by atoms with Gasteiger partial charge in [0.05, 0.1) is 11.2 Å². The van der Waals surface area contributed by atoms with E-state index in [1.165, 1.54) is 0 Å². The zero-order valence-corrected chi connectivity index (χ0v) is 19.4. The molecule has 1 aromatic carbocycles. The van der Waals surface area contributed by atoms with Crippen LogP contribution in [0, 0.1) is 0 Å². The largest absolute Gasteiger partial charge is 0.458 e. The maximum absolute atomic E-state index is 12.8. The van der Waals surface area contributed by atoms with E-state index >= 15 is 0 Å². The summed E-state index contributed by atoms with van der Waals surface area (Å²) in [5, 5.41) is 2.60. The predicted molar refractivity (Wildman–Crippen MR) is 117 cm³/mol. The van der Waals surface area contributed by atoms with Crippen LogP contribution < -0.4 is 5.32 Å². The Bertz CT molecular complexity index is 782. The highest BCUT2D eigenvalue weighted by molar-refractivity contribution is 14.1. The lowest BCUT2D eigenvalue weighted by atomic mass is 9.95. The van der Waals surface area contributed by atoms with Crippen molar-refractivity contribution >= 4 is 52.1 Å². The monoisotopic (exact) mass is 516 g/mol. The first-order chi connectivity index (χ1) is 13.1. The zero-order valence-electron chi connectivity index (χ0n) is 16.4. The number of nitrogens with one attached hydrogen (secondary N) is 1. The number of fused-ring (bicyclic) bond motifs is 1. The molecule has 0 bridgehead atoms. The summed E-state index contributed by atoms with van der Waals surface area (Å²) >= 11 is 3.81. The molecule has 2 heterocycles. The Kier molecular flexibility index (Phi) is 6.01. The van der Waals surface area contributed by atoms with Crippen LogP contribution in [0.15, 0.2) is 30.3 Å². The second kappa shape index (κ2) is 7.85. The van der Waals surface area contributed by atoms with Crippen LogP contribution in [0.2, 0.25) is 0 Å². The van der Waals surface area contributed by atoms with E-state index in [1.54, 1.807) is 16.7 Å². The number of hydrogen-bond acceptors (Lipinski definition) is 5. The number of halogens is 1. The molecule has 1 N–H and O–H groups in total. The Morgan fingerprint density at radius 2 is 1.93 bits per heavy atom. The van der Waals surface area contributed by atoms with Crippen molar-refractivity contribution in [2.24, 2.45) is 0 Å². The third-order valence-corrected chi connectivity index (χ3v) is 8.49. The van der Waals surface area contributed by atoms with Gasteiger partial charge in [0, 0.05) is 4.43 Å². The van der Waals surface area contributed by atoms with Gasteiger partial charge in [-0.05, 0) is 33.3 Å². The highest BCUT2D eigenvalue weighted by Crippen LogP contribution is 2.52. The maximum atomic E-state index is 12.8. The van der Waals surface area contributed by atoms with Gasteiger partial charge in [0.1, 0.15) is 23.1 Å². The van der Waals surface area contributed by atoms with E-state index in [0.29, 0.717) is 4.43 Å². The summed E-state index contributed by atoms with van der Waals surface area (Å²) < 4.78 is 5.81. The number of esters is 1. The van der Waals surface area contributed by atoms with Crippen molar-refractivity contribution < 1.29 is 19.1 Å². The van der Waals surface area contributed by atoms with Crippen molar-refractivity contribution in [2.45, 2.75) is 61.9 Å². The van der Waals surface area contributed by atoms with E-state index < -0.39 is 22.4 Å². The van der Waals surface area contributed by atoms with E-state index in [4.69, 9.17) is 4.74 Å². The van der Waals surface area contributed by atoms with Gasteiger partial charge in [-0.15, -0.1) is 11.8 Å². The molecule has 3 unspecified atom stereocenters. The van der Waals surface area contributed by atoms with Gasteiger partial charge < -0.3 is 15.0 Å². The molecule has 1 aromatic rings. The third kappa shape index (κ3) is 4.17. The molecule has 0 radical (unpaired) electrons. The Labute approximate surface area is 183 Å². The fraction of sp³-hybridized carbons (Fsp3) is 0.550. The number of ether oxygens (including phenoxy) is 1. The summed E-state index contributed by atoms with van der Waals surface area (Å²) in [5.41, 5.74) is 0.273. The van der Waals surface area contributed by atoms with E-state index in [-0.39, 0.29) is 29.6 Å². The number of alkyl halides is 1. The number of amides is 2. The molecule has 2 aliphatic heterocycles. The lowest BCUT2D eigenvalue weighted by Crippen LogP contribution is -2.71. The molecule has 0 aliphatic carbocycles. The number of nitrogens with zero attached hydrogens (tertiary/aromatic N) is 1. The van der Waals surface area contributed by atoms with Crippen molar-refractivity contribution in [1.82, 2.24) is 10.2 Å². The number of hydrogen-bond donors (Lipinski definition) is 1. The van der Waals surface area contributed by atoms with Crippen molar-refractivity contribution in [3.8, 4) is 0 Å². The van der Waals surface area contributed by atoms with E-state index in [0.717, 1.165) is 5.56 Å². The van der Waals surface area contributed by atoms with Crippen LogP contribution in [0.1, 0.15) is 33.3 Å². The zero-order chi connectivity index (χ0) is 20.7. The van der Waals surface area contributed by atoms with Gasteiger partial charge in [-0.1, -0.05) is 52.9 Å². The van der Waals surface area contributed by atoms with Crippen molar-refractivity contribution in [3.05, 3.63) is 35.9 Å². The van der Waals surface area contributed by atoms with Gasteiger partial charge in [0.25, 0.3) is 0 Å². The molecule has 3 rings (SSSR count). The highest BCUT2D eigenvalue weighted by Gasteiger charge is 2.65. The summed E-state index contributed by atoms with van der Waals surface area (Å²) in [6.45, 7) is 7.43. The van der Waals surface area contributed by atoms with E-state index in [2.05, 4.69) is 27.9 Å². The van der Waals surface area contributed by atoms with E-state index in [9.17, 15) is 14.4 Å². The molecule has 2 aliphatic rings. The van der Waals surface area contributed by atoms with Crippen LogP contribution in [0.25, 0.3) is 0 Å². The summed E-state index contributed by atoms with van der Waals surface area (Å²) in [5.74, 6) is -0.797. The molecular weight excluding hydrogens is 491 g/mol. The topological polar surface area (TPSA) is 75.7 Å². The van der Waals surface area contributed by atoms with Crippen LogP contribution in [0.5, 0.6) is 0 Å². The molecule has 0 saturated carbocycles. The average molecular weight is 516 g/mol. The van der Waals surface area contributed by atoms with Gasteiger partial charge in [0.15, 0.2) is 0 Å². The Morgan fingerprint density at radius 3 is 2.50 bits per heavy atom. The highest BCUT2D eigenvalue weighted by atomic mass is 127. The molecule has 2 amide bonds. The van der Waals surface area contributed by atoms with Crippen LogP contribution in [0.3, 0.4) is 0 Å².